The Kier molecular flexibility index (Phi) is 20.4. The first-order valence-electron chi connectivity index (χ1n) is 39.6. The molecule has 0 fully saturated rings. The van der Waals surface area contributed by atoms with Gasteiger partial charge in [0.05, 0.1) is 0 Å². The first-order chi connectivity index (χ1) is 55.7. The molecule has 0 aromatic heterocycles. The lowest BCUT2D eigenvalue weighted by atomic mass is 9.82. The third-order valence-corrected chi connectivity index (χ3v) is 23.4. The molecule has 2 aliphatic rings. The van der Waals surface area contributed by atoms with E-state index in [9.17, 15) is 0 Å². The molecule has 0 amide bonds. The molecule has 3 heteroatoms. The van der Waals surface area contributed by atoms with Gasteiger partial charge in [0.25, 0.3) is 0 Å². The van der Waals surface area contributed by atoms with Crippen molar-refractivity contribution in [2.75, 3.05) is 35.8 Å². The van der Waals surface area contributed by atoms with Crippen LogP contribution in [0, 0.1) is 0 Å². The Morgan fingerprint density at radius 1 is 0.140 bits per heavy atom. The number of fused-ring (bicyclic) bond motifs is 6. The fraction of sp³-hybridized carbons (Fsp3) is 0.0811. The van der Waals surface area contributed by atoms with Gasteiger partial charge in [-0.3, -0.25) is 0 Å². The van der Waals surface area contributed by atoms with Crippen molar-refractivity contribution in [3.05, 3.63) is 447 Å². The largest absolute Gasteiger partial charge is 0.345 e. The first kappa shape index (κ1) is 73.0. The van der Waals surface area contributed by atoms with Gasteiger partial charge in [0, 0.05) is 66.1 Å². The maximum Gasteiger partial charge on any atom is 0.0411 e. The standard InChI is InChI=1S/C40H33N.C37H29N.C34H29N/c1-40(2)38-12-8-7-11-36(38)37-26-25-35(27-39(37)40)41(3)34-23-21-33(22-24-34)32-19-17-31(18-20-32)30-15-13-29(14-16-30)28-9-5-4-6-10-28;1-38(36-21-17-31(18-22-36)28-11-5-2-6-12-28)37-23-19-32(20-24-37)35-26-33(29-13-7-3-8-14-29)25-34(27-35)30-15-9-4-10-16-30;1-34(2)32-12-8-7-11-30(32)31-22-21-29(23-33(31)34)35(3)28-19-17-27(18-20-28)26-15-13-25(14-16-26)24-9-5-4-6-10-24/h4-27H,1-3H3;2-27H,1H3;4-23H,1-3H3. The van der Waals surface area contributed by atoms with E-state index in [-0.39, 0.29) is 10.8 Å². The van der Waals surface area contributed by atoms with Crippen molar-refractivity contribution in [1.82, 2.24) is 0 Å². The van der Waals surface area contributed by atoms with Crippen LogP contribution in [-0.2, 0) is 10.8 Å². The summed E-state index contributed by atoms with van der Waals surface area (Å²) < 4.78 is 0. The van der Waals surface area contributed by atoms with E-state index in [1.165, 1.54) is 167 Å². The lowest BCUT2D eigenvalue weighted by Gasteiger charge is -2.25. The fourth-order valence-electron chi connectivity index (χ4n) is 16.6. The summed E-state index contributed by atoms with van der Waals surface area (Å²) in [6.45, 7) is 9.33. The van der Waals surface area contributed by atoms with Gasteiger partial charge in [-0.25, -0.2) is 0 Å². The van der Waals surface area contributed by atoms with Gasteiger partial charge in [-0.1, -0.05) is 361 Å². The topological polar surface area (TPSA) is 9.72 Å². The molecule has 0 N–H and O–H groups in total. The van der Waals surface area contributed by atoms with Gasteiger partial charge in [-0.15, -0.1) is 0 Å². The van der Waals surface area contributed by atoms with E-state index in [1.54, 1.807) is 0 Å². The molecule has 0 bridgehead atoms. The SMILES string of the molecule is CN(c1ccc(-c2ccc(-c3ccc(-c4ccccc4)cc3)cc2)cc1)c1ccc2c(c1)C(C)(C)c1ccccc1-2.CN(c1ccc(-c2ccc(-c3ccccc3)cc2)cc1)c1ccc2c(c1)C(C)(C)c1ccccc1-2.CN(c1ccc(-c2ccccc2)cc1)c1ccc(-c2cc(-c3ccccc3)cc(-c3ccccc3)c2)cc1. The summed E-state index contributed by atoms with van der Waals surface area (Å²) in [6, 6.07) is 153. The minimum atomic E-state index is 0.00271. The van der Waals surface area contributed by atoms with Crippen LogP contribution < -0.4 is 14.7 Å². The smallest absolute Gasteiger partial charge is 0.0411 e. The molecule has 0 radical (unpaired) electrons. The van der Waals surface area contributed by atoms with Gasteiger partial charge in [0.2, 0.25) is 0 Å². The van der Waals surface area contributed by atoms with Crippen LogP contribution in [0.3, 0.4) is 0 Å². The van der Waals surface area contributed by atoms with Crippen molar-refractivity contribution < 1.29 is 0 Å². The molecule has 17 aromatic rings. The van der Waals surface area contributed by atoms with Crippen LogP contribution in [0.25, 0.3) is 122 Å². The van der Waals surface area contributed by atoms with E-state index in [2.05, 4.69) is 488 Å². The number of hydrogen-bond donors (Lipinski definition) is 0. The Morgan fingerprint density at radius 3 is 0.553 bits per heavy atom. The minimum Gasteiger partial charge on any atom is -0.345 e. The van der Waals surface area contributed by atoms with E-state index < -0.39 is 0 Å². The second kappa shape index (κ2) is 31.9. The van der Waals surface area contributed by atoms with E-state index in [4.69, 9.17) is 0 Å². The van der Waals surface area contributed by atoms with Crippen LogP contribution in [-0.4, -0.2) is 21.1 Å². The number of nitrogens with zero attached hydrogens (tertiary/aromatic N) is 3. The molecule has 19 rings (SSSR count). The molecule has 0 saturated heterocycles. The summed E-state index contributed by atoms with van der Waals surface area (Å²) >= 11 is 0. The zero-order chi connectivity index (χ0) is 77.7. The molecular weight excluding hydrogens is 1380 g/mol. The molecule has 2 aliphatic carbocycles. The van der Waals surface area contributed by atoms with Crippen LogP contribution in [0.15, 0.2) is 425 Å². The van der Waals surface area contributed by atoms with E-state index in [0.29, 0.717) is 0 Å². The molecule has 0 spiro atoms. The normalized spacial score (nSPS) is 12.3. The first-order valence-corrected chi connectivity index (χ1v) is 39.6. The van der Waals surface area contributed by atoms with Crippen LogP contribution in [0.2, 0.25) is 0 Å². The highest BCUT2D eigenvalue weighted by atomic mass is 15.1. The minimum absolute atomic E-state index is 0.00271. The van der Waals surface area contributed by atoms with Gasteiger partial charge >= 0.3 is 0 Å². The lowest BCUT2D eigenvalue weighted by molar-refractivity contribution is 0.660. The van der Waals surface area contributed by atoms with E-state index in [1.807, 2.05) is 0 Å². The fourth-order valence-corrected chi connectivity index (χ4v) is 16.6. The number of hydrogen-bond acceptors (Lipinski definition) is 3. The van der Waals surface area contributed by atoms with Gasteiger partial charge < -0.3 is 14.7 Å². The number of anilines is 6. The monoisotopic (exact) mass is 1470 g/mol. The number of benzene rings is 17. The van der Waals surface area contributed by atoms with Crippen molar-refractivity contribution >= 4 is 34.1 Å². The average Bonchev–Trinajstić information content (AvgIpc) is 1.58. The highest BCUT2D eigenvalue weighted by molar-refractivity contribution is 5.87. The second-order valence-corrected chi connectivity index (χ2v) is 31.0. The highest BCUT2D eigenvalue weighted by Crippen LogP contribution is 2.52. The zero-order valence-electron chi connectivity index (χ0n) is 65.8. The van der Waals surface area contributed by atoms with Gasteiger partial charge in [-0.2, -0.15) is 0 Å². The summed E-state index contributed by atoms with van der Waals surface area (Å²) in [5.74, 6) is 0. The van der Waals surface area contributed by atoms with E-state index in [0.717, 1.165) is 11.4 Å². The van der Waals surface area contributed by atoms with Crippen molar-refractivity contribution in [2.24, 2.45) is 0 Å². The van der Waals surface area contributed by atoms with Crippen LogP contribution in [0.1, 0.15) is 49.9 Å². The van der Waals surface area contributed by atoms with Gasteiger partial charge in [0.15, 0.2) is 0 Å². The lowest BCUT2D eigenvalue weighted by Crippen LogP contribution is -2.16. The Morgan fingerprint density at radius 2 is 0.307 bits per heavy atom. The zero-order valence-corrected chi connectivity index (χ0v) is 65.8. The van der Waals surface area contributed by atoms with Crippen molar-refractivity contribution in [3.8, 4) is 122 Å². The molecule has 0 aliphatic heterocycles. The Balaban J connectivity index is 0.000000124. The average molecular weight is 1470 g/mol. The molecule has 0 unspecified atom stereocenters. The molecule has 114 heavy (non-hydrogen) atoms. The molecule has 0 atom stereocenters. The third-order valence-electron chi connectivity index (χ3n) is 23.4. The maximum atomic E-state index is 2.37. The third kappa shape index (κ3) is 15.0. The Bertz CT molecular complexity index is 6100. The Labute approximate surface area is 673 Å². The molecule has 550 valence electrons. The van der Waals surface area contributed by atoms with Crippen molar-refractivity contribution in [2.45, 2.75) is 38.5 Å². The molecule has 3 nitrogen and oxygen atoms in total. The highest BCUT2D eigenvalue weighted by Gasteiger charge is 2.37. The van der Waals surface area contributed by atoms with Crippen LogP contribution in [0.5, 0.6) is 0 Å². The molecule has 0 saturated carbocycles. The summed E-state index contributed by atoms with van der Waals surface area (Å²) in [6.07, 6.45) is 0. The van der Waals surface area contributed by atoms with Crippen molar-refractivity contribution in [3.63, 3.8) is 0 Å². The van der Waals surface area contributed by atoms with Gasteiger partial charge in [0.1, 0.15) is 0 Å². The van der Waals surface area contributed by atoms with Crippen molar-refractivity contribution in [1.29, 1.82) is 0 Å². The van der Waals surface area contributed by atoms with E-state index >= 15 is 0 Å². The second-order valence-electron chi connectivity index (χ2n) is 31.0. The predicted octanol–water partition coefficient (Wildman–Crippen LogP) is 30.0. The quantitative estimate of drug-likeness (QED) is 0.101. The van der Waals surface area contributed by atoms with Crippen LogP contribution in [0.4, 0.5) is 34.1 Å². The summed E-state index contributed by atoms with van der Waals surface area (Å²) in [7, 11) is 6.43. The Hall–Kier alpha value is -13.9. The summed E-state index contributed by atoms with van der Waals surface area (Å²) in [5, 5.41) is 0. The van der Waals surface area contributed by atoms with Gasteiger partial charge in [-0.05, 0) is 236 Å². The maximum absolute atomic E-state index is 2.37. The van der Waals surface area contributed by atoms with Crippen LogP contribution >= 0.6 is 0 Å². The summed E-state index contributed by atoms with van der Waals surface area (Å²) in [5.41, 5.74) is 40.3. The molecule has 0 heterocycles. The predicted molar refractivity (Wildman–Crippen MR) is 487 cm³/mol. The number of rotatable bonds is 15. The summed E-state index contributed by atoms with van der Waals surface area (Å²) in [4.78, 5) is 6.79. The molecule has 17 aromatic carbocycles. The molecular formula is C111H91N3.